The minimum absolute atomic E-state index is 0.164. The molecule has 0 aromatic heterocycles. The Morgan fingerprint density at radius 1 is 1.50 bits per heavy atom. The summed E-state index contributed by atoms with van der Waals surface area (Å²) >= 11 is 0. The lowest BCUT2D eigenvalue weighted by Gasteiger charge is -2.05. The standard InChI is InChI=1S/C10H11FN2O/c11-9-6-8(7-13)2-3-10(9)14-5-1-4-12/h2-3,6H,1,4-5,12H2. The van der Waals surface area contributed by atoms with Crippen molar-refractivity contribution < 1.29 is 9.13 Å². The van der Waals surface area contributed by atoms with Gasteiger partial charge in [-0.05, 0) is 31.2 Å². The van der Waals surface area contributed by atoms with Gasteiger partial charge in [0.25, 0.3) is 0 Å². The Kier molecular flexibility index (Phi) is 3.89. The average molecular weight is 194 g/mol. The van der Waals surface area contributed by atoms with E-state index in [1.165, 1.54) is 12.1 Å². The monoisotopic (exact) mass is 194 g/mol. The van der Waals surface area contributed by atoms with E-state index in [2.05, 4.69) is 0 Å². The first kappa shape index (κ1) is 10.5. The lowest BCUT2D eigenvalue weighted by molar-refractivity contribution is 0.298. The van der Waals surface area contributed by atoms with Crippen molar-refractivity contribution in [3.63, 3.8) is 0 Å². The fraction of sp³-hybridized carbons (Fsp3) is 0.300. The molecule has 74 valence electrons. The fourth-order valence-corrected chi connectivity index (χ4v) is 0.953. The summed E-state index contributed by atoms with van der Waals surface area (Å²) in [4.78, 5) is 0. The molecule has 4 heteroatoms. The van der Waals surface area contributed by atoms with Crippen molar-refractivity contribution in [1.82, 2.24) is 0 Å². The third kappa shape index (κ3) is 2.71. The van der Waals surface area contributed by atoms with E-state index in [9.17, 15) is 4.39 Å². The Morgan fingerprint density at radius 2 is 2.29 bits per heavy atom. The van der Waals surface area contributed by atoms with Crippen LogP contribution in [0, 0.1) is 17.1 Å². The van der Waals surface area contributed by atoms with E-state index in [1.807, 2.05) is 6.07 Å². The van der Waals surface area contributed by atoms with Gasteiger partial charge in [0.2, 0.25) is 0 Å². The van der Waals surface area contributed by atoms with Crippen molar-refractivity contribution in [3.8, 4) is 11.8 Å². The molecule has 0 radical (unpaired) electrons. The van der Waals surface area contributed by atoms with Crippen LogP contribution in [0.5, 0.6) is 5.75 Å². The van der Waals surface area contributed by atoms with Crippen LogP contribution in [0.25, 0.3) is 0 Å². The molecule has 0 heterocycles. The van der Waals surface area contributed by atoms with Crippen LogP contribution in [-0.4, -0.2) is 13.2 Å². The molecule has 0 spiro atoms. The summed E-state index contributed by atoms with van der Waals surface area (Å²) in [5.74, 6) is -0.349. The summed E-state index contributed by atoms with van der Waals surface area (Å²) < 4.78 is 18.3. The zero-order valence-electron chi connectivity index (χ0n) is 7.66. The maximum atomic E-state index is 13.2. The van der Waals surface area contributed by atoms with Crippen LogP contribution >= 0.6 is 0 Å². The Hall–Kier alpha value is -1.60. The largest absolute Gasteiger partial charge is 0.490 e. The molecule has 0 saturated heterocycles. The number of halogens is 1. The van der Waals surface area contributed by atoms with Gasteiger partial charge in [-0.25, -0.2) is 4.39 Å². The van der Waals surface area contributed by atoms with Crippen LogP contribution in [0.15, 0.2) is 18.2 Å². The number of nitrogens with two attached hydrogens (primary N) is 1. The SMILES string of the molecule is N#Cc1ccc(OCCCN)c(F)c1. The molecule has 0 unspecified atom stereocenters. The summed E-state index contributed by atoms with van der Waals surface area (Å²) in [6.45, 7) is 0.900. The molecule has 14 heavy (non-hydrogen) atoms. The lowest BCUT2D eigenvalue weighted by atomic mass is 10.2. The van der Waals surface area contributed by atoms with E-state index in [0.717, 1.165) is 6.07 Å². The predicted octanol–water partition coefficient (Wildman–Crippen LogP) is 1.42. The molecule has 0 atom stereocenters. The van der Waals surface area contributed by atoms with E-state index in [-0.39, 0.29) is 11.3 Å². The van der Waals surface area contributed by atoms with Crippen molar-refractivity contribution in [2.45, 2.75) is 6.42 Å². The van der Waals surface area contributed by atoms with E-state index in [1.54, 1.807) is 0 Å². The highest BCUT2D eigenvalue weighted by Gasteiger charge is 2.03. The Morgan fingerprint density at radius 3 is 2.86 bits per heavy atom. The van der Waals surface area contributed by atoms with Crippen molar-refractivity contribution in [2.24, 2.45) is 5.73 Å². The van der Waals surface area contributed by atoms with E-state index >= 15 is 0 Å². The molecule has 2 N–H and O–H groups in total. The molecule has 0 bridgehead atoms. The zero-order valence-corrected chi connectivity index (χ0v) is 7.66. The molecule has 0 aliphatic rings. The van der Waals surface area contributed by atoms with Gasteiger partial charge in [0.1, 0.15) is 0 Å². The average Bonchev–Trinajstić information content (AvgIpc) is 2.20. The third-order valence-electron chi connectivity index (χ3n) is 1.67. The van der Waals surface area contributed by atoms with Crippen LogP contribution in [-0.2, 0) is 0 Å². The second-order valence-electron chi connectivity index (χ2n) is 2.75. The molecular formula is C10H11FN2O. The molecule has 0 aliphatic heterocycles. The van der Waals surface area contributed by atoms with Gasteiger partial charge in [0, 0.05) is 0 Å². The zero-order chi connectivity index (χ0) is 10.4. The van der Waals surface area contributed by atoms with Crippen LogP contribution < -0.4 is 10.5 Å². The second kappa shape index (κ2) is 5.20. The number of hydrogen-bond donors (Lipinski definition) is 1. The highest BCUT2D eigenvalue weighted by atomic mass is 19.1. The number of hydrogen-bond acceptors (Lipinski definition) is 3. The molecule has 1 aromatic rings. The molecule has 1 aromatic carbocycles. The molecule has 0 amide bonds. The predicted molar refractivity (Wildman–Crippen MR) is 50.3 cm³/mol. The molecule has 0 saturated carbocycles. The number of ether oxygens (including phenoxy) is 1. The molecule has 0 aliphatic carbocycles. The van der Waals surface area contributed by atoms with Gasteiger partial charge in [0.15, 0.2) is 11.6 Å². The first-order valence-electron chi connectivity index (χ1n) is 4.30. The quantitative estimate of drug-likeness (QED) is 0.737. The van der Waals surface area contributed by atoms with Gasteiger partial charge < -0.3 is 10.5 Å². The summed E-state index contributed by atoms with van der Waals surface area (Å²) in [6, 6.07) is 5.96. The summed E-state index contributed by atoms with van der Waals surface area (Å²) in [5, 5.41) is 8.49. The molecule has 1 rings (SSSR count). The van der Waals surface area contributed by atoms with Crippen molar-refractivity contribution in [3.05, 3.63) is 29.6 Å². The molecule has 0 fully saturated rings. The van der Waals surface area contributed by atoms with Gasteiger partial charge in [-0.3, -0.25) is 0 Å². The van der Waals surface area contributed by atoms with Gasteiger partial charge in [-0.15, -0.1) is 0 Å². The highest BCUT2D eigenvalue weighted by Crippen LogP contribution is 2.17. The van der Waals surface area contributed by atoms with Crippen molar-refractivity contribution in [2.75, 3.05) is 13.2 Å². The van der Waals surface area contributed by atoms with Gasteiger partial charge in [-0.1, -0.05) is 0 Å². The van der Waals surface area contributed by atoms with Gasteiger partial charge >= 0.3 is 0 Å². The summed E-state index contributed by atoms with van der Waals surface area (Å²) in [6.07, 6.45) is 0.680. The minimum Gasteiger partial charge on any atom is -0.490 e. The first-order valence-corrected chi connectivity index (χ1v) is 4.30. The van der Waals surface area contributed by atoms with Crippen molar-refractivity contribution >= 4 is 0 Å². The Balaban J connectivity index is 2.65. The maximum absolute atomic E-state index is 13.2. The van der Waals surface area contributed by atoms with E-state index < -0.39 is 5.82 Å². The van der Waals surface area contributed by atoms with Gasteiger partial charge in [0.05, 0.1) is 18.2 Å². The van der Waals surface area contributed by atoms with Crippen LogP contribution in [0.4, 0.5) is 4.39 Å². The van der Waals surface area contributed by atoms with E-state index in [4.69, 9.17) is 15.7 Å². The fourth-order valence-electron chi connectivity index (χ4n) is 0.953. The molecule has 3 nitrogen and oxygen atoms in total. The van der Waals surface area contributed by atoms with Gasteiger partial charge in [-0.2, -0.15) is 5.26 Å². The number of rotatable bonds is 4. The number of benzene rings is 1. The molecular weight excluding hydrogens is 183 g/mol. The second-order valence-corrected chi connectivity index (χ2v) is 2.75. The van der Waals surface area contributed by atoms with Crippen LogP contribution in [0.3, 0.4) is 0 Å². The third-order valence-corrected chi connectivity index (χ3v) is 1.67. The van der Waals surface area contributed by atoms with Crippen LogP contribution in [0.2, 0.25) is 0 Å². The summed E-state index contributed by atoms with van der Waals surface area (Å²) in [5.41, 5.74) is 5.55. The highest BCUT2D eigenvalue weighted by molar-refractivity contribution is 5.35. The van der Waals surface area contributed by atoms with Crippen LogP contribution in [0.1, 0.15) is 12.0 Å². The maximum Gasteiger partial charge on any atom is 0.166 e. The minimum atomic E-state index is -0.513. The Labute approximate surface area is 81.9 Å². The number of nitriles is 1. The first-order chi connectivity index (χ1) is 6.77. The normalized spacial score (nSPS) is 9.50. The summed E-state index contributed by atoms with van der Waals surface area (Å²) in [7, 11) is 0. The smallest absolute Gasteiger partial charge is 0.166 e. The topological polar surface area (TPSA) is 59.0 Å². The van der Waals surface area contributed by atoms with Crippen molar-refractivity contribution in [1.29, 1.82) is 5.26 Å². The number of nitrogens with zero attached hydrogens (tertiary/aromatic N) is 1. The lowest BCUT2D eigenvalue weighted by Crippen LogP contribution is -2.06. The Bertz CT molecular complexity index is 346. The van der Waals surface area contributed by atoms with E-state index in [0.29, 0.717) is 19.6 Å².